The zero-order valence-electron chi connectivity index (χ0n) is 12.8. The summed E-state index contributed by atoms with van der Waals surface area (Å²) >= 11 is 0. The maximum Gasteiger partial charge on any atom is 0.411 e. The highest BCUT2D eigenvalue weighted by Crippen LogP contribution is 2.27. The van der Waals surface area contributed by atoms with Crippen molar-refractivity contribution in [3.8, 4) is 22.3 Å². The number of benzene rings is 3. The van der Waals surface area contributed by atoms with Gasteiger partial charge in [-0.1, -0.05) is 72.8 Å². The molecule has 0 saturated carbocycles. The zero-order chi connectivity index (χ0) is 16.9. The number of imide groups is 1. The molecule has 4 heteroatoms. The van der Waals surface area contributed by atoms with Gasteiger partial charge in [-0.2, -0.15) is 0 Å². The Hall–Kier alpha value is -3.40. The standard InChI is InChI=1S/C20H15NO3/c22-19(21-20(23)24)18-9-5-4-8-17(18)16-12-10-15(11-13-16)14-6-2-1-3-7-14/h1-13H,(H,21,22)(H,23,24). The second kappa shape index (κ2) is 6.79. The fourth-order valence-electron chi connectivity index (χ4n) is 2.57. The van der Waals surface area contributed by atoms with E-state index in [1.807, 2.05) is 66.0 Å². The average Bonchev–Trinajstić information content (AvgIpc) is 2.62. The van der Waals surface area contributed by atoms with E-state index >= 15 is 0 Å². The summed E-state index contributed by atoms with van der Waals surface area (Å²) in [5.74, 6) is -0.634. The minimum absolute atomic E-state index is 0.326. The lowest BCUT2D eigenvalue weighted by atomic mass is 9.96. The second-order valence-electron chi connectivity index (χ2n) is 5.25. The Labute approximate surface area is 139 Å². The van der Waals surface area contributed by atoms with Crippen LogP contribution >= 0.6 is 0 Å². The Bertz CT molecular complexity index is 871. The molecule has 0 aliphatic heterocycles. The van der Waals surface area contributed by atoms with Crippen LogP contribution < -0.4 is 5.32 Å². The largest absolute Gasteiger partial charge is 0.465 e. The van der Waals surface area contributed by atoms with Gasteiger partial charge in [0, 0.05) is 5.56 Å². The van der Waals surface area contributed by atoms with Gasteiger partial charge in [-0.3, -0.25) is 10.1 Å². The summed E-state index contributed by atoms with van der Waals surface area (Å²) in [4.78, 5) is 22.7. The first-order valence-electron chi connectivity index (χ1n) is 7.44. The summed E-state index contributed by atoms with van der Waals surface area (Å²) < 4.78 is 0. The Balaban J connectivity index is 1.95. The highest BCUT2D eigenvalue weighted by atomic mass is 16.4. The molecule has 0 atom stereocenters. The molecule has 3 aromatic rings. The number of carbonyl (C=O) groups is 2. The molecule has 3 aromatic carbocycles. The normalized spacial score (nSPS) is 10.2. The first-order chi connectivity index (χ1) is 11.6. The van der Waals surface area contributed by atoms with Crippen LogP contribution in [0.15, 0.2) is 78.9 Å². The fraction of sp³-hybridized carbons (Fsp3) is 0. The highest BCUT2D eigenvalue weighted by molar-refractivity contribution is 6.06. The van der Waals surface area contributed by atoms with Crippen LogP contribution in [-0.4, -0.2) is 17.1 Å². The average molecular weight is 317 g/mol. The van der Waals surface area contributed by atoms with Crippen LogP contribution in [0, 0.1) is 0 Å². The lowest BCUT2D eigenvalue weighted by Crippen LogP contribution is -2.29. The van der Waals surface area contributed by atoms with Crippen LogP contribution in [-0.2, 0) is 0 Å². The first-order valence-corrected chi connectivity index (χ1v) is 7.44. The van der Waals surface area contributed by atoms with Gasteiger partial charge in [-0.25, -0.2) is 4.79 Å². The van der Waals surface area contributed by atoms with E-state index in [2.05, 4.69) is 0 Å². The maximum atomic E-state index is 12.0. The third kappa shape index (κ3) is 3.33. The molecule has 0 unspecified atom stereocenters. The molecule has 0 aliphatic rings. The Kier molecular flexibility index (Phi) is 4.38. The molecule has 0 fully saturated rings. The van der Waals surface area contributed by atoms with Gasteiger partial charge >= 0.3 is 6.09 Å². The van der Waals surface area contributed by atoms with Gasteiger partial charge in [0.15, 0.2) is 0 Å². The Morgan fingerprint density at radius 2 is 1.21 bits per heavy atom. The van der Waals surface area contributed by atoms with Crippen molar-refractivity contribution in [1.82, 2.24) is 5.32 Å². The highest BCUT2D eigenvalue weighted by Gasteiger charge is 2.14. The van der Waals surface area contributed by atoms with Gasteiger partial charge in [0.05, 0.1) is 0 Å². The van der Waals surface area contributed by atoms with E-state index < -0.39 is 12.0 Å². The first kappa shape index (κ1) is 15.5. The van der Waals surface area contributed by atoms with E-state index in [0.717, 1.165) is 16.7 Å². The van der Waals surface area contributed by atoms with Crippen molar-refractivity contribution < 1.29 is 14.7 Å². The summed E-state index contributed by atoms with van der Waals surface area (Å²) in [6.45, 7) is 0. The summed E-state index contributed by atoms with van der Waals surface area (Å²) in [7, 11) is 0. The van der Waals surface area contributed by atoms with Crippen molar-refractivity contribution in [3.05, 3.63) is 84.4 Å². The van der Waals surface area contributed by atoms with Crippen molar-refractivity contribution in [1.29, 1.82) is 0 Å². The topological polar surface area (TPSA) is 66.4 Å². The molecule has 0 aromatic heterocycles. The predicted octanol–water partition coefficient (Wildman–Crippen LogP) is 4.43. The van der Waals surface area contributed by atoms with Gasteiger partial charge < -0.3 is 5.11 Å². The molecule has 4 nitrogen and oxygen atoms in total. The summed E-state index contributed by atoms with van der Waals surface area (Å²) in [5.41, 5.74) is 4.06. The molecule has 0 spiro atoms. The van der Waals surface area contributed by atoms with Gasteiger partial charge in [-0.05, 0) is 28.3 Å². The minimum Gasteiger partial charge on any atom is -0.465 e. The molecular weight excluding hydrogens is 302 g/mol. The third-order valence-electron chi connectivity index (χ3n) is 3.70. The number of amides is 2. The van der Waals surface area contributed by atoms with E-state index in [0.29, 0.717) is 11.1 Å². The molecule has 2 N–H and O–H groups in total. The van der Waals surface area contributed by atoms with Crippen molar-refractivity contribution in [2.24, 2.45) is 0 Å². The number of hydrogen-bond acceptors (Lipinski definition) is 2. The Morgan fingerprint density at radius 1 is 0.667 bits per heavy atom. The summed E-state index contributed by atoms with van der Waals surface area (Å²) in [6.07, 6.45) is -1.37. The zero-order valence-corrected chi connectivity index (χ0v) is 12.8. The quantitative estimate of drug-likeness (QED) is 0.751. The van der Waals surface area contributed by atoms with Crippen molar-refractivity contribution >= 4 is 12.0 Å². The monoisotopic (exact) mass is 317 g/mol. The van der Waals surface area contributed by atoms with E-state index in [9.17, 15) is 9.59 Å². The van der Waals surface area contributed by atoms with Crippen LogP contribution in [0.3, 0.4) is 0 Å². The number of carbonyl (C=O) groups excluding carboxylic acids is 1. The van der Waals surface area contributed by atoms with E-state index in [1.165, 1.54) is 0 Å². The number of hydrogen-bond donors (Lipinski definition) is 2. The molecule has 3 rings (SSSR count). The number of nitrogens with one attached hydrogen (secondary N) is 1. The minimum atomic E-state index is -1.37. The van der Waals surface area contributed by atoms with Crippen LogP contribution in [0.5, 0.6) is 0 Å². The number of carboxylic acid groups (broad SMARTS) is 1. The van der Waals surface area contributed by atoms with E-state index in [4.69, 9.17) is 5.11 Å². The fourth-order valence-corrected chi connectivity index (χ4v) is 2.57. The van der Waals surface area contributed by atoms with Crippen LogP contribution in [0.4, 0.5) is 4.79 Å². The molecule has 2 amide bonds. The summed E-state index contributed by atoms with van der Waals surface area (Å²) in [6, 6.07) is 24.7. The molecule has 0 bridgehead atoms. The van der Waals surface area contributed by atoms with E-state index in [1.54, 1.807) is 18.2 Å². The molecule has 0 radical (unpaired) electrons. The Morgan fingerprint density at radius 3 is 1.88 bits per heavy atom. The van der Waals surface area contributed by atoms with Gasteiger partial charge in [-0.15, -0.1) is 0 Å². The van der Waals surface area contributed by atoms with Crippen molar-refractivity contribution in [3.63, 3.8) is 0 Å². The summed E-state index contributed by atoms with van der Waals surface area (Å²) in [5, 5.41) is 10.6. The second-order valence-corrected chi connectivity index (χ2v) is 5.25. The van der Waals surface area contributed by atoms with Gasteiger partial charge in [0.2, 0.25) is 0 Å². The smallest absolute Gasteiger partial charge is 0.411 e. The lowest BCUT2D eigenvalue weighted by Gasteiger charge is -2.09. The maximum absolute atomic E-state index is 12.0. The van der Waals surface area contributed by atoms with Crippen LogP contribution in [0.2, 0.25) is 0 Å². The van der Waals surface area contributed by atoms with Crippen LogP contribution in [0.25, 0.3) is 22.3 Å². The van der Waals surface area contributed by atoms with Crippen molar-refractivity contribution in [2.45, 2.75) is 0 Å². The third-order valence-corrected chi connectivity index (χ3v) is 3.70. The lowest BCUT2D eigenvalue weighted by molar-refractivity contribution is 0.0948. The SMILES string of the molecule is O=C(O)NC(=O)c1ccccc1-c1ccc(-c2ccccc2)cc1. The molecule has 0 saturated heterocycles. The predicted molar refractivity (Wildman–Crippen MR) is 92.8 cm³/mol. The van der Waals surface area contributed by atoms with E-state index in [-0.39, 0.29) is 0 Å². The van der Waals surface area contributed by atoms with Crippen LogP contribution in [0.1, 0.15) is 10.4 Å². The molecule has 0 heterocycles. The van der Waals surface area contributed by atoms with Gasteiger partial charge in [0.1, 0.15) is 0 Å². The number of rotatable bonds is 3. The van der Waals surface area contributed by atoms with Gasteiger partial charge in [0.25, 0.3) is 5.91 Å². The molecular formula is C20H15NO3. The molecule has 118 valence electrons. The van der Waals surface area contributed by atoms with Crippen molar-refractivity contribution in [2.75, 3.05) is 0 Å². The molecule has 0 aliphatic carbocycles. The molecule has 24 heavy (non-hydrogen) atoms.